The maximum absolute atomic E-state index is 10.5. The summed E-state index contributed by atoms with van der Waals surface area (Å²) in [6.45, 7) is 0. The topological polar surface area (TPSA) is 53.2 Å². The van der Waals surface area contributed by atoms with Gasteiger partial charge in [0.15, 0.2) is 10.7 Å². The van der Waals surface area contributed by atoms with Crippen LogP contribution in [0.2, 0.25) is 0 Å². The van der Waals surface area contributed by atoms with Gasteiger partial charge in [-0.05, 0) is 0 Å². The molecule has 0 rings (SSSR count). The summed E-state index contributed by atoms with van der Waals surface area (Å²) in [5, 5.41) is 1.89. The molecule has 6 heteroatoms. The van der Waals surface area contributed by atoms with Crippen LogP contribution in [0.1, 0.15) is 0 Å². The monoisotopic (exact) mass is 95.0 g/mol. The molecule has 34 valence electrons. The summed E-state index contributed by atoms with van der Waals surface area (Å²) in [5.41, 5.74) is 4.94. The van der Waals surface area contributed by atoms with Crippen LogP contribution in [0.15, 0.2) is 5.22 Å². The zero-order valence-corrected chi connectivity index (χ0v) is 2.60. The minimum absolute atomic E-state index is 1.77. The third-order valence-electron chi connectivity index (χ3n) is 0.120. The van der Waals surface area contributed by atoms with Crippen LogP contribution in [0, 0.1) is 0 Å². The highest BCUT2D eigenvalue weighted by molar-refractivity contribution is 4.25. The van der Waals surface area contributed by atoms with Gasteiger partial charge in [0.25, 0.3) is 0 Å². The Labute approximate surface area is 31.4 Å². The molecule has 0 aromatic heterocycles. The zero-order chi connectivity index (χ0) is 4.99. The fourth-order valence-electron chi connectivity index (χ4n) is 0.0338. The van der Waals surface area contributed by atoms with Crippen LogP contribution in [0.5, 0.6) is 0 Å². The van der Waals surface area contributed by atoms with Crippen LogP contribution in [0.3, 0.4) is 0 Å². The van der Waals surface area contributed by atoms with E-state index in [1.54, 1.807) is 4.91 Å². The van der Waals surface area contributed by atoms with Crippen molar-refractivity contribution in [3.63, 3.8) is 0 Å². The lowest BCUT2D eigenvalue weighted by Gasteiger charge is -1.67. The van der Waals surface area contributed by atoms with E-state index in [9.17, 15) is 8.96 Å². The third kappa shape index (κ3) is 3.13. The van der Waals surface area contributed by atoms with E-state index < -0.39 is 5.45 Å². The number of hydrogen-bond donors (Lipinski definition) is 1. The first-order chi connectivity index (χ1) is 2.77. The Morgan fingerprint density at radius 2 is 2.17 bits per heavy atom. The van der Waals surface area contributed by atoms with E-state index in [-0.39, 0.29) is 0 Å². The Morgan fingerprint density at radius 3 is 2.17 bits per heavy atom. The second-order valence-electron chi connectivity index (χ2n) is 0.430. The van der Waals surface area contributed by atoms with Crippen LogP contribution in [0.25, 0.3) is 10.4 Å². The lowest BCUT2D eigenvalue weighted by atomic mass is 12.6. The van der Waals surface area contributed by atoms with Crippen molar-refractivity contribution in [3.8, 4) is 0 Å². The van der Waals surface area contributed by atoms with Gasteiger partial charge in [0, 0.05) is 5.53 Å². The summed E-state index contributed by atoms with van der Waals surface area (Å²) in [5.74, 6) is 0. The van der Waals surface area contributed by atoms with Gasteiger partial charge in [0.05, 0.1) is 13.9 Å². The SMILES string of the molecule is [N-]=[N+]=N[NH+](F)F. The number of halogens is 2. The summed E-state index contributed by atoms with van der Waals surface area (Å²) in [4.78, 5) is 1.77. The fraction of sp³-hybridized carbons (Fsp3) is 0. The van der Waals surface area contributed by atoms with Crippen molar-refractivity contribution >= 4 is 0 Å². The highest BCUT2D eigenvalue weighted by Crippen LogP contribution is 1.48. The molecule has 6 heavy (non-hydrogen) atoms. The summed E-state index contributed by atoms with van der Waals surface area (Å²) >= 11 is 0. The fourth-order valence-corrected chi connectivity index (χ4v) is 0.0338. The predicted octanol–water partition coefficient (Wildman–Crippen LogP) is -0.134. The molecule has 0 aliphatic rings. The summed E-state index contributed by atoms with van der Waals surface area (Å²) in [7, 11) is 0. The lowest BCUT2D eigenvalue weighted by molar-refractivity contribution is -1.17. The van der Waals surface area contributed by atoms with Gasteiger partial charge in [0.1, 0.15) is 0 Å². The smallest absolute Gasteiger partial charge is 0.00154 e. The van der Waals surface area contributed by atoms with Crippen molar-refractivity contribution in [2.24, 2.45) is 5.22 Å². The minimum Gasteiger partial charge on any atom is 0.00154 e. The molecule has 0 fully saturated rings. The molecule has 4 nitrogen and oxygen atoms in total. The molecule has 0 saturated carbocycles. The highest BCUT2D eigenvalue weighted by atomic mass is 19.4. The van der Waals surface area contributed by atoms with Gasteiger partial charge in [-0.25, -0.2) is 0 Å². The van der Waals surface area contributed by atoms with Crippen molar-refractivity contribution in [3.05, 3.63) is 10.4 Å². The Bertz CT molecular complexity index is 69.6. The maximum atomic E-state index is 10.5. The Morgan fingerprint density at radius 1 is 1.67 bits per heavy atom. The molecule has 0 aliphatic carbocycles. The third-order valence-corrected chi connectivity index (χ3v) is 0.120. The number of quaternary nitrogens is 1. The Hall–Kier alpha value is -0.870. The Balaban J connectivity index is 3.29. The molecule has 0 aliphatic heterocycles. The van der Waals surface area contributed by atoms with E-state index in [0.717, 1.165) is 0 Å². The van der Waals surface area contributed by atoms with Crippen molar-refractivity contribution in [2.75, 3.05) is 0 Å². The average molecular weight is 95.0 g/mol. The maximum Gasteiger partial charge on any atom is 0.197 e. The minimum atomic E-state index is -2.25. The van der Waals surface area contributed by atoms with Crippen LogP contribution < -0.4 is 5.45 Å². The quantitative estimate of drug-likeness (QED) is 0.155. The van der Waals surface area contributed by atoms with Gasteiger partial charge in [-0.1, -0.05) is 0 Å². The molecule has 0 unspecified atom stereocenters. The van der Waals surface area contributed by atoms with E-state index in [1.165, 1.54) is 0 Å². The van der Waals surface area contributed by atoms with Gasteiger partial charge in [-0.15, -0.1) is 0 Å². The van der Waals surface area contributed by atoms with Crippen LogP contribution in [0.4, 0.5) is 8.96 Å². The van der Waals surface area contributed by atoms with Crippen LogP contribution in [-0.4, -0.2) is 0 Å². The molecule has 0 heterocycles. The second-order valence-corrected chi connectivity index (χ2v) is 0.430. The summed E-state index contributed by atoms with van der Waals surface area (Å²) in [6.07, 6.45) is 0. The normalized spacial score (nSPS) is 7.83. The molecule has 0 saturated heterocycles. The van der Waals surface area contributed by atoms with Gasteiger partial charge in [-0.2, -0.15) is 0 Å². The van der Waals surface area contributed by atoms with E-state index in [0.29, 0.717) is 0 Å². The van der Waals surface area contributed by atoms with Crippen molar-refractivity contribution in [1.29, 1.82) is 0 Å². The van der Waals surface area contributed by atoms with Crippen LogP contribution in [-0.2, 0) is 0 Å². The lowest BCUT2D eigenvalue weighted by Crippen LogP contribution is -2.90. The standard InChI is InChI=1S/F2N4/c1-6(2)5-4-3/p+1. The van der Waals surface area contributed by atoms with Crippen molar-refractivity contribution < 1.29 is 14.4 Å². The zero-order valence-electron chi connectivity index (χ0n) is 2.60. The molecule has 0 amide bonds. The second kappa shape index (κ2) is 2.37. The number of nitrogens with one attached hydrogen (secondary N) is 1. The summed E-state index contributed by atoms with van der Waals surface area (Å²) in [6, 6.07) is 0. The molecule has 0 radical (unpaired) electrons. The van der Waals surface area contributed by atoms with E-state index in [1.807, 2.05) is 5.22 Å². The number of hydrogen-bond acceptors (Lipinski definition) is 1. The highest BCUT2D eigenvalue weighted by Gasteiger charge is 1.93. The molecule has 0 atom stereocenters. The first kappa shape index (κ1) is 5.13. The van der Waals surface area contributed by atoms with Gasteiger partial charge in [0.2, 0.25) is 0 Å². The van der Waals surface area contributed by atoms with Crippen molar-refractivity contribution in [2.45, 2.75) is 0 Å². The van der Waals surface area contributed by atoms with Gasteiger partial charge < -0.3 is 0 Å². The average Bonchev–Trinajstić information content (AvgIpc) is 1.35. The number of azide groups is 1. The Kier molecular flexibility index (Phi) is 2.03. The molecule has 0 spiro atoms. The van der Waals surface area contributed by atoms with Crippen molar-refractivity contribution in [1.82, 2.24) is 0 Å². The van der Waals surface area contributed by atoms with E-state index in [2.05, 4.69) is 0 Å². The molecular formula is HF2N4+. The number of rotatable bonds is 1. The molecule has 1 N–H and O–H groups in total. The summed E-state index contributed by atoms with van der Waals surface area (Å²) < 4.78 is 21.1. The first-order valence-electron chi connectivity index (χ1n) is 1.00. The predicted molar refractivity (Wildman–Crippen MR) is 12.3 cm³/mol. The van der Waals surface area contributed by atoms with E-state index >= 15 is 0 Å². The number of nitrogens with zero attached hydrogens (tertiary/aromatic N) is 3. The molecule has 0 aromatic rings. The first-order valence-corrected chi connectivity index (χ1v) is 1.00. The van der Waals surface area contributed by atoms with Crippen LogP contribution >= 0.6 is 0 Å². The molecular weight excluding hydrogens is 94.0 g/mol. The van der Waals surface area contributed by atoms with Gasteiger partial charge in [-0.3, -0.25) is 0 Å². The largest absolute Gasteiger partial charge is 0.197 e. The van der Waals surface area contributed by atoms with Gasteiger partial charge >= 0.3 is 0 Å². The molecule has 0 bridgehead atoms. The van der Waals surface area contributed by atoms with E-state index in [4.69, 9.17) is 5.53 Å². The molecule has 0 aromatic carbocycles.